The van der Waals surface area contributed by atoms with Crippen LogP contribution in [0, 0.1) is 6.92 Å². The Hall–Kier alpha value is -2.93. The molecule has 4 rings (SSSR count). The first-order chi connectivity index (χ1) is 11.6. The zero-order chi connectivity index (χ0) is 16.8. The molecular weight excluding hydrogens is 324 g/mol. The van der Waals surface area contributed by atoms with E-state index in [0.29, 0.717) is 26.5 Å². The lowest BCUT2D eigenvalue weighted by Crippen LogP contribution is -2.17. The summed E-state index contributed by atoms with van der Waals surface area (Å²) in [6, 6.07) is 7.82. The number of H-pyrrole nitrogens is 2. The summed E-state index contributed by atoms with van der Waals surface area (Å²) in [4.78, 5) is 36.2. The van der Waals surface area contributed by atoms with Crippen LogP contribution in [0.1, 0.15) is 15.2 Å². The fraction of sp³-hybridized carbons (Fsp3) is 0.118. The maximum absolute atomic E-state index is 12.5. The summed E-state index contributed by atoms with van der Waals surface area (Å²) >= 11 is 1.23. The number of benzene rings is 1. The van der Waals surface area contributed by atoms with E-state index in [1.165, 1.54) is 11.3 Å². The molecule has 0 fully saturated rings. The SMILES string of the molecule is CNC(=O)c1sc2nc(-c3c[nH]c4ccccc34)[nH]c(=O)c2c1C. The van der Waals surface area contributed by atoms with Crippen molar-refractivity contribution in [3.05, 3.63) is 51.3 Å². The monoisotopic (exact) mass is 338 g/mol. The number of hydrogen-bond acceptors (Lipinski definition) is 4. The summed E-state index contributed by atoms with van der Waals surface area (Å²) < 4.78 is 0. The molecule has 3 aromatic heterocycles. The number of carbonyl (C=O) groups excluding carboxylic acids is 1. The third-order valence-corrected chi connectivity index (χ3v) is 5.26. The second kappa shape index (κ2) is 5.31. The van der Waals surface area contributed by atoms with E-state index in [1.54, 1.807) is 14.0 Å². The summed E-state index contributed by atoms with van der Waals surface area (Å²) in [6.45, 7) is 1.77. The van der Waals surface area contributed by atoms with Crippen molar-refractivity contribution < 1.29 is 4.79 Å². The first kappa shape index (κ1) is 14.6. The van der Waals surface area contributed by atoms with E-state index < -0.39 is 0 Å². The van der Waals surface area contributed by atoms with E-state index in [1.807, 2.05) is 30.5 Å². The molecule has 3 heterocycles. The predicted molar refractivity (Wildman–Crippen MR) is 95.7 cm³/mol. The van der Waals surface area contributed by atoms with Gasteiger partial charge in [0.2, 0.25) is 0 Å². The van der Waals surface area contributed by atoms with Crippen LogP contribution >= 0.6 is 11.3 Å². The van der Waals surface area contributed by atoms with Crippen molar-refractivity contribution in [2.24, 2.45) is 0 Å². The van der Waals surface area contributed by atoms with Gasteiger partial charge in [-0.05, 0) is 18.6 Å². The van der Waals surface area contributed by atoms with Crippen molar-refractivity contribution in [2.45, 2.75) is 6.92 Å². The Morgan fingerprint density at radius 1 is 1.29 bits per heavy atom. The molecule has 0 unspecified atom stereocenters. The predicted octanol–water partition coefficient (Wildman–Crippen LogP) is 2.80. The van der Waals surface area contributed by atoms with Crippen LogP contribution in [-0.2, 0) is 0 Å². The van der Waals surface area contributed by atoms with Gasteiger partial charge in [0.25, 0.3) is 11.5 Å². The Morgan fingerprint density at radius 2 is 2.08 bits per heavy atom. The number of amides is 1. The summed E-state index contributed by atoms with van der Waals surface area (Å²) in [5, 5.41) is 4.06. The molecule has 0 saturated carbocycles. The van der Waals surface area contributed by atoms with Crippen molar-refractivity contribution in [1.29, 1.82) is 0 Å². The van der Waals surface area contributed by atoms with Gasteiger partial charge in [0.15, 0.2) is 0 Å². The fourth-order valence-electron chi connectivity index (χ4n) is 2.87. The van der Waals surface area contributed by atoms with Crippen LogP contribution in [0.5, 0.6) is 0 Å². The van der Waals surface area contributed by atoms with Gasteiger partial charge in [0, 0.05) is 29.7 Å². The molecule has 3 N–H and O–H groups in total. The van der Waals surface area contributed by atoms with E-state index in [2.05, 4.69) is 20.3 Å². The first-order valence-electron chi connectivity index (χ1n) is 7.42. The number of para-hydroxylation sites is 1. The minimum Gasteiger partial charge on any atom is -0.360 e. The molecule has 120 valence electrons. The number of aryl methyl sites for hydroxylation is 1. The third-order valence-electron chi connectivity index (χ3n) is 4.08. The normalized spacial score (nSPS) is 11.2. The third kappa shape index (κ3) is 2.05. The van der Waals surface area contributed by atoms with Gasteiger partial charge in [0.05, 0.1) is 10.3 Å². The second-order valence-corrected chi connectivity index (χ2v) is 6.48. The van der Waals surface area contributed by atoms with Gasteiger partial charge in [-0.15, -0.1) is 11.3 Å². The average molecular weight is 338 g/mol. The second-order valence-electron chi connectivity index (χ2n) is 5.48. The number of fused-ring (bicyclic) bond motifs is 2. The highest BCUT2D eigenvalue weighted by atomic mass is 32.1. The van der Waals surface area contributed by atoms with Gasteiger partial charge in [-0.3, -0.25) is 9.59 Å². The number of rotatable bonds is 2. The fourth-order valence-corrected chi connectivity index (χ4v) is 4.00. The van der Waals surface area contributed by atoms with Crippen molar-refractivity contribution in [3.63, 3.8) is 0 Å². The van der Waals surface area contributed by atoms with Crippen LogP contribution < -0.4 is 10.9 Å². The molecule has 1 aromatic carbocycles. The van der Waals surface area contributed by atoms with Crippen LogP contribution in [-0.4, -0.2) is 27.9 Å². The van der Waals surface area contributed by atoms with E-state index in [0.717, 1.165) is 16.5 Å². The standard InChI is InChI=1S/C17H14N4O2S/c1-8-12-15(22)20-14(21-17(12)24-13(8)16(23)18-2)10-7-19-11-6-4-3-5-9(10)11/h3-7,19H,1-2H3,(H,18,23)(H,20,21,22). The summed E-state index contributed by atoms with van der Waals surface area (Å²) in [5.74, 6) is 0.290. The zero-order valence-corrected chi connectivity index (χ0v) is 13.9. The van der Waals surface area contributed by atoms with Gasteiger partial charge in [-0.1, -0.05) is 18.2 Å². The number of carbonyl (C=O) groups is 1. The Morgan fingerprint density at radius 3 is 2.88 bits per heavy atom. The maximum Gasteiger partial charge on any atom is 0.261 e. The van der Waals surface area contributed by atoms with Gasteiger partial charge in [-0.2, -0.15) is 0 Å². The highest BCUT2D eigenvalue weighted by molar-refractivity contribution is 7.20. The number of aromatic amines is 2. The van der Waals surface area contributed by atoms with Crippen molar-refractivity contribution >= 4 is 38.4 Å². The lowest BCUT2D eigenvalue weighted by molar-refractivity contribution is 0.0966. The van der Waals surface area contributed by atoms with Crippen LogP contribution in [0.25, 0.3) is 32.5 Å². The van der Waals surface area contributed by atoms with Crippen molar-refractivity contribution in [3.8, 4) is 11.4 Å². The van der Waals surface area contributed by atoms with Crippen LogP contribution in [0.15, 0.2) is 35.3 Å². The number of hydrogen-bond donors (Lipinski definition) is 3. The lowest BCUT2D eigenvalue weighted by Gasteiger charge is -1.99. The van der Waals surface area contributed by atoms with E-state index in [4.69, 9.17) is 0 Å². The molecule has 0 bridgehead atoms. The Kier molecular flexibility index (Phi) is 3.24. The number of nitrogens with zero attached hydrogens (tertiary/aromatic N) is 1. The highest BCUT2D eigenvalue weighted by Gasteiger charge is 2.19. The summed E-state index contributed by atoms with van der Waals surface area (Å²) in [5.41, 5.74) is 2.23. The maximum atomic E-state index is 12.5. The molecule has 0 aliphatic heterocycles. The lowest BCUT2D eigenvalue weighted by atomic mass is 10.1. The molecule has 0 spiro atoms. The molecular formula is C17H14N4O2S. The summed E-state index contributed by atoms with van der Waals surface area (Å²) in [6.07, 6.45) is 1.83. The number of nitrogens with one attached hydrogen (secondary N) is 3. The minimum atomic E-state index is -0.232. The van der Waals surface area contributed by atoms with Gasteiger partial charge in [0.1, 0.15) is 10.7 Å². The molecule has 6 nitrogen and oxygen atoms in total. The number of aromatic nitrogens is 3. The van der Waals surface area contributed by atoms with Gasteiger partial charge in [-0.25, -0.2) is 4.98 Å². The highest BCUT2D eigenvalue weighted by Crippen LogP contribution is 2.30. The average Bonchev–Trinajstić information content (AvgIpc) is 3.15. The zero-order valence-electron chi connectivity index (χ0n) is 13.1. The Bertz CT molecular complexity index is 1150. The molecule has 7 heteroatoms. The molecule has 1 amide bonds. The summed E-state index contributed by atoms with van der Waals surface area (Å²) in [7, 11) is 1.57. The smallest absolute Gasteiger partial charge is 0.261 e. The molecule has 0 saturated heterocycles. The Labute approximate surface area is 140 Å². The first-order valence-corrected chi connectivity index (χ1v) is 8.23. The van der Waals surface area contributed by atoms with E-state index in [9.17, 15) is 9.59 Å². The van der Waals surface area contributed by atoms with Gasteiger partial charge < -0.3 is 15.3 Å². The van der Waals surface area contributed by atoms with Gasteiger partial charge >= 0.3 is 0 Å². The largest absolute Gasteiger partial charge is 0.360 e. The molecule has 4 aromatic rings. The van der Waals surface area contributed by atoms with E-state index in [-0.39, 0.29) is 11.5 Å². The van der Waals surface area contributed by atoms with Crippen LogP contribution in [0.4, 0.5) is 0 Å². The quantitative estimate of drug-likeness (QED) is 0.525. The van der Waals surface area contributed by atoms with Crippen LogP contribution in [0.3, 0.4) is 0 Å². The van der Waals surface area contributed by atoms with E-state index >= 15 is 0 Å². The topological polar surface area (TPSA) is 90.6 Å². The minimum absolute atomic E-state index is 0.205. The molecule has 24 heavy (non-hydrogen) atoms. The van der Waals surface area contributed by atoms with Crippen LogP contribution in [0.2, 0.25) is 0 Å². The molecule has 0 aliphatic rings. The molecule has 0 aliphatic carbocycles. The molecule has 0 radical (unpaired) electrons. The number of thiophene rings is 1. The van der Waals surface area contributed by atoms with Crippen molar-refractivity contribution in [1.82, 2.24) is 20.3 Å². The Balaban J connectivity index is 1.99. The van der Waals surface area contributed by atoms with Crippen molar-refractivity contribution in [2.75, 3.05) is 7.05 Å². The molecule has 0 atom stereocenters.